The van der Waals surface area contributed by atoms with Gasteiger partial charge in [0.2, 0.25) is 21.1 Å². The van der Waals surface area contributed by atoms with Gasteiger partial charge in [-0.05, 0) is 54.4 Å². The Morgan fingerprint density at radius 3 is 1.79 bits per heavy atom. The zero-order valence-electron chi connectivity index (χ0n) is 18.7. The van der Waals surface area contributed by atoms with Crippen molar-refractivity contribution in [3.63, 3.8) is 0 Å². The van der Waals surface area contributed by atoms with Crippen LogP contribution >= 0.6 is 11.3 Å². The van der Waals surface area contributed by atoms with Crippen molar-refractivity contribution >= 4 is 11.3 Å². The molecule has 5 nitrogen and oxygen atoms in total. The van der Waals surface area contributed by atoms with E-state index in [-0.39, 0.29) is 0 Å². The molecule has 0 saturated carbocycles. The number of ether oxygens (including phenoxy) is 1. The summed E-state index contributed by atoms with van der Waals surface area (Å²) in [5.74, 6) is 0.938. The van der Waals surface area contributed by atoms with E-state index in [1.54, 1.807) is 0 Å². The van der Waals surface area contributed by atoms with Crippen LogP contribution in [0.5, 0.6) is 5.75 Å². The van der Waals surface area contributed by atoms with Gasteiger partial charge in [-0.15, -0.1) is 10.2 Å². The van der Waals surface area contributed by atoms with E-state index in [1.807, 2.05) is 11.3 Å². The predicted molar refractivity (Wildman–Crippen MR) is 125 cm³/mol. The van der Waals surface area contributed by atoms with Crippen LogP contribution in [0.4, 0.5) is 0 Å². The molecule has 0 aliphatic rings. The molecular weight excluding hydrogens is 472 g/mol. The molecule has 1 heterocycles. The van der Waals surface area contributed by atoms with Gasteiger partial charge in [0.25, 0.3) is 0 Å². The van der Waals surface area contributed by atoms with Gasteiger partial charge in [-0.2, -0.15) is 0 Å². The van der Waals surface area contributed by atoms with E-state index in [1.165, 1.54) is 32.0 Å². The number of halogens is 1. The Labute approximate surface area is 205 Å². The molecule has 4 aromatic rings. The van der Waals surface area contributed by atoms with Crippen LogP contribution in [-0.2, 0) is 0 Å². The summed E-state index contributed by atoms with van der Waals surface area (Å²) in [6.45, 7) is 2.96. The molecule has 0 aliphatic heterocycles. The maximum atomic E-state index is 8.49. The minimum Gasteiger partial charge on any atom is -0.494 e. The second-order valence-electron chi connectivity index (χ2n) is 7.38. The molecule has 3 aromatic carbocycles. The van der Waals surface area contributed by atoms with Gasteiger partial charge >= 0.3 is 0 Å². The van der Waals surface area contributed by atoms with Gasteiger partial charge in [0.1, 0.15) is 5.75 Å². The number of hydrogen-bond donors (Lipinski definition) is 0. The lowest BCUT2D eigenvalue weighted by Crippen LogP contribution is -2.68. The van der Waals surface area contributed by atoms with Crippen LogP contribution in [0.1, 0.15) is 19.8 Å². The third-order valence-electron chi connectivity index (χ3n) is 4.88. The second kappa shape index (κ2) is 12.6. The number of hydrogen-bond acceptors (Lipinski definition) is 5. The van der Waals surface area contributed by atoms with Gasteiger partial charge in [0.15, 0.2) is 0 Å². The molecule has 0 unspecified atom stereocenters. The molecule has 0 atom stereocenters. The van der Waals surface area contributed by atoms with Crippen molar-refractivity contribution in [1.29, 1.82) is 0 Å². The standard InChI is InChI=1S/C27H25OS.ClHO4/c1-2-3-20-28-24-16-14-21(15-17-24)25-18-19-26(22-10-6-4-7-11-22)29-27(25)23-12-8-5-9-13-23;2-1(3,4)5/h4-19H,2-3,20H2,1H3;(H,2,3,4,5)/q+1;/p-1. The first-order valence-electron chi connectivity index (χ1n) is 10.8. The van der Waals surface area contributed by atoms with Gasteiger partial charge in [-0.1, -0.05) is 61.9 Å². The Balaban J connectivity index is 0.000000588. The maximum Gasteiger partial charge on any atom is 0.246 e. The van der Waals surface area contributed by atoms with Crippen LogP contribution in [0.25, 0.3) is 32.0 Å². The molecule has 0 amide bonds. The van der Waals surface area contributed by atoms with E-state index < -0.39 is 10.2 Å². The minimum absolute atomic E-state index is 0.777. The van der Waals surface area contributed by atoms with Gasteiger partial charge < -0.3 is 4.74 Å². The maximum absolute atomic E-state index is 8.49. The average molecular weight is 497 g/mol. The molecule has 34 heavy (non-hydrogen) atoms. The Morgan fingerprint density at radius 2 is 1.24 bits per heavy atom. The molecular formula is C27H25ClO5S. The molecule has 7 heteroatoms. The van der Waals surface area contributed by atoms with E-state index in [4.69, 9.17) is 23.4 Å². The van der Waals surface area contributed by atoms with Crippen molar-refractivity contribution < 1.29 is 33.6 Å². The fourth-order valence-electron chi connectivity index (χ4n) is 3.29. The summed E-state index contributed by atoms with van der Waals surface area (Å²) in [7, 11) is -4.94. The Morgan fingerprint density at radius 1 is 0.676 bits per heavy atom. The zero-order chi connectivity index (χ0) is 24.4. The van der Waals surface area contributed by atoms with Crippen LogP contribution < -0.4 is 23.4 Å². The Bertz CT molecular complexity index is 1140. The summed E-state index contributed by atoms with van der Waals surface area (Å²) in [6, 6.07) is 34.2. The highest BCUT2D eigenvalue weighted by molar-refractivity contribution is 7.18. The minimum atomic E-state index is -4.94. The molecule has 0 aliphatic carbocycles. The topological polar surface area (TPSA) is 101 Å². The summed E-state index contributed by atoms with van der Waals surface area (Å²) < 4.78 is 39.8. The smallest absolute Gasteiger partial charge is 0.246 e. The van der Waals surface area contributed by atoms with Crippen LogP contribution in [-0.4, -0.2) is 6.61 Å². The molecule has 0 spiro atoms. The highest BCUT2D eigenvalue weighted by atomic mass is 35.7. The van der Waals surface area contributed by atoms with Crippen LogP contribution in [0.15, 0.2) is 97.1 Å². The van der Waals surface area contributed by atoms with Crippen molar-refractivity contribution in [2.45, 2.75) is 19.8 Å². The van der Waals surface area contributed by atoms with E-state index in [9.17, 15) is 0 Å². The molecule has 1 aromatic heterocycles. The van der Waals surface area contributed by atoms with Crippen molar-refractivity contribution in [3.05, 3.63) is 97.1 Å². The number of unbranched alkanes of at least 4 members (excludes halogenated alkanes) is 1. The summed E-state index contributed by atoms with van der Waals surface area (Å²) in [4.78, 5) is 2.55. The van der Waals surface area contributed by atoms with Crippen LogP contribution in [0, 0.1) is 10.2 Å². The fourth-order valence-corrected chi connectivity index (χ4v) is 4.45. The third-order valence-corrected chi connectivity index (χ3v) is 6.14. The summed E-state index contributed by atoms with van der Waals surface area (Å²) in [5, 5.41) is 0. The average Bonchev–Trinajstić information content (AvgIpc) is 2.84. The van der Waals surface area contributed by atoms with Gasteiger partial charge in [0, 0.05) is 22.8 Å². The summed E-state index contributed by atoms with van der Waals surface area (Å²) >= 11 is 1.84. The Hall–Kier alpha value is -2.84. The van der Waals surface area contributed by atoms with E-state index >= 15 is 0 Å². The lowest BCUT2D eigenvalue weighted by Gasteiger charge is -2.17. The van der Waals surface area contributed by atoms with Crippen molar-refractivity contribution in [3.8, 4) is 37.8 Å². The SMILES string of the molecule is CCCCOc1ccc(-c2ccc(-c3ccccc3)[s+]c2-c2ccccc2)cc1.[O-][Cl+3]([O-])([O-])[O-]. The monoisotopic (exact) mass is 496 g/mol. The highest BCUT2D eigenvalue weighted by Crippen LogP contribution is 2.40. The molecule has 4 rings (SSSR count). The first kappa shape index (κ1) is 25.8. The number of benzene rings is 3. The summed E-state index contributed by atoms with van der Waals surface area (Å²) in [5.41, 5.74) is 4.96. The Kier molecular flexibility index (Phi) is 9.53. The first-order chi connectivity index (χ1) is 16.3. The van der Waals surface area contributed by atoms with Crippen LogP contribution in [0.2, 0.25) is 0 Å². The van der Waals surface area contributed by atoms with E-state index in [0.29, 0.717) is 0 Å². The lowest BCUT2D eigenvalue weighted by molar-refractivity contribution is -2.00. The molecule has 0 saturated heterocycles. The fraction of sp³-hybridized carbons (Fsp3) is 0.148. The van der Waals surface area contributed by atoms with E-state index in [2.05, 4.69) is 104 Å². The van der Waals surface area contributed by atoms with Gasteiger partial charge in [0.05, 0.1) is 6.61 Å². The van der Waals surface area contributed by atoms with Gasteiger partial charge in [-0.3, -0.25) is 0 Å². The molecule has 0 radical (unpaired) electrons. The largest absolute Gasteiger partial charge is 0.494 e. The normalized spacial score (nSPS) is 10.9. The second-order valence-corrected chi connectivity index (χ2v) is 9.19. The van der Waals surface area contributed by atoms with Crippen LogP contribution in [0.3, 0.4) is 0 Å². The quantitative estimate of drug-likeness (QED) is 0.288. The number of rotatable bonds is 7. The van der Waals surface area contributed by atoms with Crippen molar-refractivity contribution in [2.24, 2.45) is 0 Å². The summed E-state index contributed by atoms with van der Waals surface area (Å²) in [6.07, 6.45) is 2.23. The highest BCUT2D eigenvalue weighted by Gasteiger charge is 2.21. The predicted octanol–water partition coefficient (Wildman–Crippen LogP) is 3.45. The molecule has 0 N–H and O–H groups in total. The zero-order valence-corrected chi connectivity index (χ0v) is 20.3. The van der Waals surface area contributed by atoms with Crippen molar-refractivity contribution in [1.82, 2.24) is 0 Å². The third kappa shape index (κ3) is 8.18. The molecule has 0 bridgehead atoms. The lowest BCUT2D eigenvalue weighted by atomic mass is 10.0. The molecule has 176 valence electrons. The first-order valence-corrected chi connectivity index (χ1v) is 12.8. The van der Waals surface area contributed by atoms with Crippen molar-refractivity contribution in [2.75, 3.05) is 6.61 Å². The van der Waals surface area contributed by atoms with E-state index in [0.717, 1.165) is 25.2 Å². The van der Waals surface area contributed by atoms with Gasteiger partial charge in [-0.25, -0.2) is 18.6 Å². The molecule has 0 fully saturated rings.